The van der Waals surface area contributed by atoms with Gasteiger partial charge in [-0.1, -0.05) is 6.92 Å². The lowest BCUT2D eigenvalue weighted by atomic mass is 10.2. The summed E-state index contributed by atoms with van der Waals surface area (Å²) in [4.78, 5) is 0. The molecule has 1 nitrogen and oxygen atoms in total. The summed E-state index contributed by atoms with van der Waals surface area (Å²) in [6.07, 6.45) is 2.70. The van der Waals surface area contributed by atoms with E-state index in [1.807, 2.05) is 6.92 Å². The van der Waals surface area contributed by atoms with Gasteiger partial charge in [-0.25, -0.2) is 0 Å². The number of hydrogen-bond donors (Lipinski definition) is 0. The Morgan fingerprint density at radius 3 is 2.62 bits per heavy atom. The molecule has 0 aromatic heterocycles. The van der Waals surface area contributed by atoms with E-state index >= 15 is 0 Å². The highest BCUT2D eigenvalue weighted by Gasteiger charge is 2.37. The van der Waals surface area contributed by atoms with Crippen LogP contribution in [0.25, 0.3) is 0 Å². The molecule has 0 spiro atoms. The van der Waals surface area contributed by atoms with Crippen molar-refractivity contribution in [2.75, 3.05) is 6.61 Å². The summed E-state index contributed by atoms with van der Waals surface area (Å²) < 4.78 is 5.14. The van der Waals surface area contributed by atoms with E-state index < -0.39 is 0 Å². The van der Waals surface area contributed by atoms with E-state index in [9.17, 15) is 0 Å². The van der Waals surface area contributed by atoms with Crippen LogP contribution in [0, 0.1) is 12.0 Å². The topological polar surface area (TPSA) is 9.23 Å². The maximum Gasteiger partial charge on any atom is 0.0806 e. The molecule has 0 aliphatic heterocycles. The zero-order chi connectivity index (χ0) is 6.04. The minimum Gasteiger partial charge on any atom is -0.375 e. The fraction of sp³-hybridized carbons (Fsp3) is 0.857. The summed E-state index contributed by atoms with van der Waals surface area (Å²) in [7, 11) is 0. The second kappa shape index (κ2) is 2.06. The summed E-state index contributed by atoms with van der Waals surface area (Å²) in [5, 5.41) is 0. The van der Waals surface area contributed by atoms with E-state index in [1.165, 1.54) is 12.8 Å². The molecule has 1 radical (unpaired) electrons. The molecule has 0 N–H and O–H groups in total. The van der Waals surface area contributed by atoms with Gasteiger partial charge in [0.15, 0.2) is 0 Å². The first kappa shape index (κ1) is 6.09. The molecule has 0 saturated heterocycles. The highest BCUT2D eigenvalue weighted by molar-refractivity contribution is 4.88. The van der Waals surface area contributed by atoms with Crippen LogP contribution in [-0.2, 0) is 4.74 Å². The van der Waals surface area contributed by atoms with Gasteiger partial charge in [-0.2, -0.15) is 0 Å². The first-order chi connectivity index (χ1) is 3.77. The molecule has 0 aromatic carbocycles. The van der Waals surface area contributed by atoms with Gasteiger partial charge in [-0.15, -0.1) is 0 Å². The Kier molecular flexibility index (Phi) is 1.57. The van der Waals surface area contributed by atoms with Gasteiger partial charge in [-0.05, 0) is 25.2 Å². The molecule has 0 heterocycles. The molecule has 0 aromatic rings. The number of rotatable bonds is 3. The minimum atomic E-state index is 0.548. The van der Waals surface area contributed by atoms with Crippen LogP contribution < -0.4 is 0 Å². The summed E-state index contributed by atoms with van der Waals surface area (Å²) in [5.41, 5.74) is 0.548. The van der Waals surface area contributed by atoms with Crippen molar-refractivity contribution in [3.63, 3.8) is 0 Å². The largest absolute Gasteiger partial charge is 0.375 e. The number of hydrogen-bond acceptors (Lipinski definition) is 1. The molecule has 1 rings (SSSR count). The molecule has 0 atom stereocenters. The molecule has 47 valence electrons. The molecule has 1 saturated carbocycles. The van der Waals surface area contributed by atoms with Crippen molar-refractivity contribution >= 4 is 0 Å². The van der Waals surface area contributed by atoms with Gasteiger partial charge < -0.3 is 4.74 Å². The zero-order valence-electron chi connectivity index (χ0n) is 5.61. The maximum atomic E-state index is 5.14. The van der Waals surface area contributed by atoms with Crippen LogP contribution in [0.5, 0.6) is 0 Å². The van der Waals surface area contributed by atoms with Gasteiger partial charge in [0.25, 0.3) is 0 Å². The van der Waals surface area contributed by atoms with Gasteiger partial charge in [0, 0.05) is 0 Å². The Bertz CT molecular complexity index is 74.5. The number of ether oxygens (including phenoxy) is 1. The predicted octanol–water partition coefficient (Wildman–Crippen LogP) is 1.98. The Labute approximate surface area is 51.0 Å². The summed E-state index contributed by atoms with van der Waals surface area (Å²) in [6, 6.07) is 0. The van der Waals surface area contributed by atoms with Crippen molar-refractivity contribution in [2.45, 2.75) is 26.7 Å². The van der Waals surface area contributed by atoms with Crippen LogP contribution in [0.1, 0.15) is 26.7 Å². The van der Waals surface area contributed by atoms with E-state index in [0.29, 0.717) is 5.41 Å². The first-order valence-electron chi connectivity index (χ1n) is 3.16. The Morgan fingerprint density at radius 1 is 1.62 bits per heavy atom. The summed E-state index contributed by atoms with van der Waals surface area (Å²) in [5.74, 6) is 0. The van der Waals surface area contributed by atoms with E-state index in [4.69, 9.17) is 4.74 Å². The zero-order valence-corrected chi connectivity index (χ0v) is 5.61. The Hall–Kier alpha value is -0.0400. The lowest BCUT2D eigenvalue weighted by Crippen LogP contribution is -2.02. The Balaban J connectivity index is 2.01. The van der Waals surface area contributed by atoms with Gasteiger partial charge in [-0.3, -0.25) is 0 Å². The van der Waals surface area contributed by atoms with Crippen molar-refractivity contribution in [1.82, 2.24) is 0 Å². The van der Waals surface area contributed by atoms with Crippen molar-refractivity contribution in [1.29, 1.82) is 0 Å². The maximum absolute atomic E-state index is 5.14. The highest BCUT2D eigenvalue weighted by Crippen LogP contribution is 2.44. The third-order valence-electron chi connectivity index (χ3n) is 1.70. The first-order valence-corrected chi connectivity index (χ1v) is 3.16. The van der Waals surface area contributed by atoms with E-state index in [0.717, 1.165) is 6.61 Å². The highest BCUT2D eigenvalue weighted by atomic mass is 16.5. The van der Waals surface area contributed by atoms with Crippen LogP contribution >= 0.6 is 0 Å². The van der Waals surface area contributed by atoms with E-state index in [2.05, 4.69) is 6.92 Å². The monoisotopic (exact) mass is 113 g/mol. The fourth-order valence-electron chi connectivity index (χ4n) is 0.642. The quantitative estimate of drug-likeness (QED) is 0.543. The molecule has 1 fully saturated rings. The van der Waals surface area contributed by atoms with Gasteiger partial charge in [0.2, 0.25) is 0 Å². The van der Waals surface area contributed by atoms with Crippen molar-refractivity contribution in [3.05, 3.63) is 6.61 Å². The lowest BCUT2D eigenvalue weighted by Gasteiger charge is -2.05. The third-order valence-corrected chi connectivity index (χ3v) is 1.70. The van der Waals surface area contributed by atoms with Crippen LogP contribution in [0.3, 0.4) is 0 Å². The van der Waals surface area contributed by atoms with E-state index in [1.54, 1.807) is 6.61 Å². The van der Waals surface area contributed by atoms with Crippen LogP contribution in [0.4, 0.5) is 0 Å². The SMILES string of the molecule is C[CH]OCC1(C)CC1. The molecule has 1 aliphatic rings. The average Bonchev–Trinajstić information content (AvgIpc) is 2.45. The second-order valence-corrected chi connectivity index (χ2v) is 2.86. The van der Waals surface area contributed by atoms with Gasteiger partial charge in [0.1, 0.15) is 0 Å². The molecular formula is C7H13O. The lowest BCUT2D eigenvalue weighted by molar-refractivity contribution is 0.155. The van der Waals surface area contributed by atoms with Crippen LogP contribution in [-0.4, -0.2) is 6.61 Å². The molecular weight excluding hydrogens is 100 g/mol. The average molecular weight is 113 g/mol. The molecule has 0 bridgehead atoms. The molecule has 8 heavy (non-hydrogen) atoms. The van der Waals surface area contributed by atoms with E-state index in [-0.39, 0.29) is 0 Å². The summed E-state index contributed by atoms with van der Waals surface area (Å²) in [6.45, 7) is 6.87. The predicted molar refractivity (Wildman–Crippen MR) is 33.3 cm³/mol. The fourth-order valence-corrected chi connectivity index (χ4v) is 0.642. The molecule has 1 heteroatoms. The Morgan fingerprint density at radius 2 is 2.25 bits per heavy atom. The molecule has 0 unspecified atom stereocenters. The molecule has 0 amide bonds. The van der Waals surface area contributed by atoms with Crippen molar-refractivity contribution in [2.24, 2.45) is 5.41 Å². The second-order valence-electron chi connectivity index (χ2n) is 2.86. The van der Waals surface area contributed by atoms with Gasteiger partial charge in [0.05, 0.1) is 13.2 Å². The van der Waals surface area contributed by atoms with Crippen LogP contribution in [0.2, 0.25) is 0 Å². The summed E-state index contributed by atoms with van der Waals surface area (Å²) >= 11 is 0. The van der Waals surface area contributed by atoms with Crippen LogP contribution in [0.15, 0.2) is 0 Å². The third kappa shape index (κ3) is 1.48. The smallest absolute Gasteiger partial charge is 0.0806 e. The van der Waals surface area contributed by atoms with Gasteiger partial charge >= 0.3 is 0 Å². The normalized spacial score (nSPS) is 23.2. The molecule has 1 aliphatic carbocycles. The standard InChI is InChI=1S/C7H13O/c1-3-8-6-7(2)4-5-7/h3H,4-6H2,1-2H3. The van der Waals surface area contributed by atoms with Crippen molar-refractivity contribution in [3.8, 4) is 0 Å². The minimum absolute atomic E-state index is 0.548. The van der Waals surface area contributed by atoms with Crippen molar-refractivity contribution < 1.29 is 4.74 Å².